The van der Waals surface area contributed by atoms with Crippen molar-refractivity contribution in [3.63, 3.8) is 0 Å². The van der Waals surface area contributed by atoms with Crippen molar-refractivity contribution in [2.45, 2.75) is 41.5 Å². The summed E-state index contributed by atoms with van der Waals surface area (Å²) < 4.78 is 5.18. The van der Waals surface area contributed by atoms with Gasteiger partial charge in [-0.1, -0.05) is 39.8 Å². The maximum atomic E-state index is 10.9. The zero-order valence-electron chi connectivity index (χ0n) is 17.6. The molecular weight excluding hydrogens is 340 g/mol. The number of rotatable bonds is 1. The van der Waals surface area contributed by atoms with E-state index in [0.717, 1.165) is 28.3 Å². The predicted molar refractivity (Wildman–Crippen MR) is 116 cm³/mol. The van der Waals surface area contributed by atoms with Gasteiger partial charge < -0.3 is 20.8 Å². The van der Waals surface area contributed by atoms with E-state index in [4.69, 9.17) is 16.3 Å². The highest BCUT2D eigenvalue weighted by atomic mass is 16.5. The normalized spacial score (nSPS) is 10.9. The van der Waals surface area contributed by atoms with Crippen LogP contribution in [0.15, 0.2) is 36.4 Å². The fourth-order valence-corrected chi connectivity index (χ4v) is 2.16. The molecule has 0 atom stereocenters. The molecule has 2 aromatic carbocycles. The molecule has 0 fully saturated rings. The van der Waals surface area contributed by atoms with Gasteiger partial charge in [-0.15, -0.1) is 0 Å². The second-order valence-corrected chi connectivity index (χ2v) is 5.51. The lowest BCUT2D eigenvalue weighted by molar-refractivity contribution is -0.118. The first-order chi connectivity index (χ1) is 12.9. The minimum absolute atomic E-state index is 0.0897. The molecule has 6 nitrogen and oxygen atoms in total. The lowest BCUT2D eigenvalue weighted by Gasteiger charge is -2.17. The van der Waals surface area contributed by atoms with E-state index in [-0.39, 0.29) is 12.5 Å². The Balaban J connectivity index is 0.000000425. The van der Waals surface area contributed by atoms with Crippen LogP contribution in [0.3, 0.4) is 0 Å². The summed E-state index contributed by atoms with van der Waals surface area (Å²) in [5.74, 6) is 6.20. The molecule has 1 aliphatic rings. The van der Waals surface area contributed by atoms with E-state index < -0.39 is 0 Å². The molecule has 0 spiro atoms. The maximum absolute atomic E-state index is 10.9. The molecule has 1 amide bonds. The predicted octanol–water partition coefficient (Wildman–Crippen LogP) is 4.27. The molecule has 5 N–H and O–H groups in total. The Bertz CT molecular complexity index is 715. The smallest absolute Gasteiger partial charge is 0.262 e. The highest BCUT2D eigenvalue weighted by Gasteiger charge is 2.14. The number of hydrogen-bond donors (Lipinski definition) is 3. The second kappa shape index (κ2) is 12.6. The van der Waals surface area contributed by atoms with Crippen molar-refractivity contribution in [2.75, 3.05) is 29.7 Å². The van der Waals surface area contributed by atoms with Gasteiger partial charge in [0.2, 0.25) is 0 Å². The number of hydrogen-bond acceptors (Lipinski definition) is 5. The Kier molecular flexibility index (Phi) is 11.3. The Hall–Kier alpha value is -2.73. The van der Waals surface area contributed by atoms with E-state index in [1.807, 2.05) is 77.9 Å². The van der Waals surface area contributed by atoms with Crippen molar-refractivity contribution in [1.82, 2.24) is 0 Å². The Morgan fingerprint density at radius 2 is 1.56 bits per heavy atom. The van der Waals surface area contributed by atoms with Gasteiger partial charge in [-0.2, -0.15) is 0 Å². The molecule has 1 aliphatic heterocycles. The standard InChI is InChI=1S/C9H9NO2.C8H13N3.2C2H6/c1-6-2-3-8-7(4-6)10-9(11)5-12-8;1-6-3-4-7(9)8(5-6)11(2)10;2*1-2/h2-4H,5H2,1H3,(H,10,11);3-5H,9-10H2,1-2H3;2*1-2H3. The molecule has 0 bridgehead atoms. The van der Waals surface area contributed by atoms with Crippen LogP contribution >= 0.6 is 0 Å². The minimum Gasteiger partial charge on any atom is -0.482 e. The highest BCUT2D eigenvalue weighted by molar-refractivity contribution is 5.95. The number of amides is 1. The summed E-state index contributed by atoms with van der Waals surface area (Å²) in [6, 6.07) is 11.5. The van der Waals surface area contributed by atoms with Crippen molar-refractivity contribution in [1.29, 1.82) is 0 Å². The van der Waals surface area contributed by atoms with Gasteiger partial charge in [0.25, 0.3) is 5.91 Å². The molecule has 150 valence electrons. The van der Waals surface area contributed by atoms with Gasteiger partial charge in [0.15, 0.2) is 6.61 Å². The fourth-order valence-electron chi connectivity index (χ4n) is 2.16. The van der Waals surface area contributed by atoms with Crippen LogP contribution in [0.1, 0.15) is 38.8 Å². The van der Waals surface area contributed by atoms with Gasteiger partial charge in [-0.05, 0) is 49.2 Å². The molecule has 0 saturated carbocycles. The van der Waals surface area contributed by atoms with Crippen LogP contribution in [0, 0.1) is 13.8 Å². The van der Waals surface area contributed by atoms with Crippen LogP contribution in [-0.2, 0) is 4.79 Å². The quantitative estimate of drug-likeness (QED) is 0.394. The van der Waals surface area contributed by atoms with Crippen LogP contribution < -0.4 is 26.6 Å². The molecule has 0 aliphatic carbocycles. The van der Waals surface area contributed by atoms with Crippen molar-refractivity contribution in [3.05, 3.63) is 47.5 Å². The largest absolute Gasteiger partial charge is 0.482 e. The summed E-state index contributed by atoms with van der Waals surface area (Å²) in [5, 5.41) is 4.25. The average Bonchev–Trinajstić information content (AvgIpc) is 2.67. The minimum atomic E-state index is -0.0897. The monoisotopic (exact) mass is 374 g/mol. The van der Waals surface area contributed by atoms with Crippen LogP contribution in [0.5, 0.6) is 5.75 Å². The van der Waals surface area contributed by atoms with Crippen LogP contribution in [-0.4, -0.2) is 19.6 Å². The van der Waals surface area contributed by atoms with Crippen LogP contribution in [0.4, 0.5) is 17.1 Å². The number of carbonyl (C=O) groups is 1. The highest BCUT2D eigenvalue weighted by Crippen LogP contribution is 2.27. The number of ether oxygens (including phenoxy) is 1. The molecule has 2 aromatic rings. The summed E-state index contributed by atoms with van der Waals surface area (Å²) in [4.78, 5) is 10.9. The van der Waals surface area contributed by atoms with Crippen molar-refractivity contribution < 1.29 is 9.53 Å². The summed E-state index contributed by atoms with van der Waals surface area (Å²) in [7, 11) is 1.77. The molecule has 3 rings (SSSR count). The molecule has 27 heavy (non-hydrogen) atoms. The lowest BCUT2D eigenvalue weighted by atomic mass is 10.2. The zero-order valence-corrected chi connectivity index (χ0v) is 17.6. The average molecular weight is 375 g/mol. The summed E-state index contributed by atoms with van der Waals surface area (Å²) >= 11 is 0. The first-order valence-electron chi connectivity index (χ1n) is 9.24. The van der Waals surface area contributed by atoms with Crippen molar-refractivity contribution >= 4 is 23.0 Å². The zero-order chi connectivity index (χ0) is 21.0. The Labute approximate surface area is 163 Å². The van der Waals surface area contributed by atoms with E-state index in [1.54, 1.807) is 7.05 Å². The van der Waals surface area contributed by atoms with Crippen molar-refractivity contribution in [3.8, 4) is 5.75 Å². The number of aryl methyl sites for hydroxylation is 2. The third-order valence-electron chi connectivity index (χ3n) is 3.33. The van der Waals surface area contributed by atoms with Gasteiger partial charge in [0.1, 0.15) is 5.75 Å². The van der Waals surface area contributed by atoms with Gasteiger partial charge in [0, 0.05) is 7.05 Å². The topological polar surface area (TPSA) is 93.6 Å². The number of nitrogen functional groups attached to an aromatic ring is 1. The molecule has 0 aromatic heterocycles. The number of nitrogens with zero attached hydrogens (tertiary/aromatic N) is 1. The molecular formula is C21H34N4O2. The molecule has 0 unspecified atom stereocenters. The first kappa shape index (κ1) is 24.3. The van der Waals surface area contributed by atoms with Crippen molar-refractivity contribution in [2.24, 2.45) is 5.84 Å². The molecule has 0 saturated heterocycles. The lowest BCUT2D eigenvalue weighted by Crippen LogP contribution is -2.25. The third kappa shape index (κ3) is 8.00. The van der Waals surface area contributed by atoms with Gasteiger partial charge in [-0.25, -0.2) is 5.84 Å². The number of anilines is 3. The molecule has 1 heterocycles. The first-order valence-corrected chi connectivity index (χ1v) is 9.24. The van der Waals surface area contributed by atoms with Crippen LogP contribution in [0.2, 0.25) is 0 Å². The maximum Gasteiger partial charge on any atom is 0.262 e. The number of carbonyl (C=O) groups excluding carboxylic acids is 1. The molecule has 0 radical (unpaired) electrons. The number of nitrogens with one attached hydrogen (secondary N) is 1. The van der Waals surface area contributed by atoms with E-state index in [1.165, 1.54) is 5.01 Å². The Morgan fingerprint density at radius 1 is 1.00 bits per heavy atom. The fraction of sp³-hybridized carbons (Fsp3) is 0.381. The number of fused-ring (bicyclic) bond motifs is 1. The van der Waals surface area contributed by atoms with Gasteiger partial charge in [0.05, 0.1) is 17.1 Å². The van der Waals surface area contributed by atoms with E-state index in [0.29, 0.717) is 5.69 Å². The third-order valence-corrected chi connectivity index (χ3v) is 3.33. The second-order valence-electron chi connectivity index (χ2n) is 5.51. The number of benzene rings is 2. The molecule has 6 heteroatoms. The summed E-state index contributed by atoms with van der Waals surface area (Å²) in [6.07, 6.45) is 0. The number of nitrogens with two attached hydrogens (primary N) is 2. The number of hydrazine groups is 1. The summed E-state index contributed by atoms with van der Waals surface area (Å²) in [5.41, 5.74) is 10.3. The van der Waals surface area contributed by atoms with E-state index in [2.05, 4.69) is 5.32 Å². The summed E-state index contributed by atoms with van der Waals surface area (Å²) in [6.45, 7) is 12.1. The van der Waals surface area contributed by atoms with Gasteiger partial charge in [-0.3, -0.25) is 4.79 Å². The Morgan fingerprint density at radius 3 is 2.11 bits per heavy atom. The van der Waals surface area contributed by atoms with E-state index in [9.17, 15) is 4.79 Å². The van der Waals surface area contributed by atoms with Gasteiger partial charge >= 0.3 is 0 Å². The van der Waals surface area contributed by atoms with E-state index >= 15 is 0 Å². The SMILES string of the molecule is CC.CC.Cc1ccc(N)c(N(C)N)c1.Cc1ccc2c(c1)NC(=O)CO2. The van der Waals surface area contributed by atoms with Crippen LogP contribution in [0.25, 0.3) is 0 Å².